The molecule has 162 valence electrons. The largest absolute Gasteiger partial charge is 0.503 e. The highest BCUT2D eigenvalue weighted by molar-refractivity contribution is 6.16. The molecule has 0 fully saturated rings. The van der Waals surface area contributed by atoms with Crippen molar-refractivity contribution in [3.8, 4) is 5.75 Å². The molecule has 0 atom stereocenters. The zero-order valence-electron chi connectivity index (χ0n) is 16.5. The van der Waals surface area contributed by atoms with Crippen LogP contribution in [-0.4, -0.2) is 20.2 Å². The van der Waals surface area contributed by atoms with Gasteiger partial charge in [-0.15, -0.1) is 0 Å². The van der Waals surface area contributed by atoms with Crippen LogP contribution in [0.3, 0.4) is 0 Å². The van der Waals surface area contributed by atoms with E-state index in [9.17, 15) is 22.8 Å². The molecule has 0 aliphatic carbocycles. The van der Waals surface area contributed by atoms with Crippen molar-refractivity contribution in [3.63, 3.8) is 0 Å². The number of methoxy groups -OCH3 is 2. The van der Waals surface area contributed by atoms with Gasteiger partial charge in [0, 0.05) is 17.5 Å². The van der Waals surface area contributed by atoms with E-state index in [0.717, 1.165) is 0 Å². The van der Waals surface area contributed by atoms with Crippen molar-refractivity contribution in [1.82, 2.24) is 0 Å². The van der Waals surface area contributed by atoms with E-state index in [2.05, 4.69) is 0 Å². The number of benzene rings is 2. The summed E-state index contributed by atoms with van der Waals surface area (Å²) in [5.74, 6) is -0.429. The van der Waals surface area contributed by atoms with Gasteiger partial charge in [-0.3, -0.25) is 0 Å². The molecule has 1 heterocycles. The van der Waals surface area contributed by atoms with Crippen molar-refractivity contribution in [2.45, 2.75) is 12.8 Å². The van der Waals surface area contributed by atoms with Crippen molar-refractivity contribution < 1.29 is 36.6 Å². The number of fused-ring (bicyclic) bond motifs is 1. The van der Waals surface area contributed by atoms with Crippen LogP contribution in [-0.2, 0) is 27.1 Å². The Hall–Kier alpha value is -3.75. The molecule has 0 saturated heterocycles. The molecule has 0 unspecified atom stereocenters. The molecule has 9 heteroatoms. The molecule has 0 saturated carbocycles. The van der Waals surface area contributed by atoms with E-state index in [-0.39, 0.29) is 28.9 Å². The molecule has 0 amide bonds. The molecular weight excluding hydrogens is 417 g/mol. The first-order chi connectivity index (χ1) is 14.7. The van der Waals surface area contributed by atoms with Crippen LogP contribution in [0.5, 0.6) is 5.75 Å². The number of hydrogen-bond donors (Lipinski definition) is 0. The molecule has 2 aromatic carbocycles. The lowest BCUT2D eigenvalue weighted by Gasteiger charge is -2.13. The second-order valence-electron chi connectivity index (χ2n) is 6.34. The molecule has 31 heavy (non-hydrogen) atoms. The van der Waals surface area contributed by atoms with Crippen LogP contribution in [0.15, 0.2) is 64.0 Å². The lowest BCUT2D eigenvalue weighted by molar-refractivity contribution is -0.136. The number of ether oxygens (including phenoxy) is 3. The van der Waals surface area contributed by atoms with Crippen LogP contribution >= 0.6 is 0 Å². The SMILES string of the molecule is CO/C=C(/C(=O)OC)c1ccccc1COc1ccc2c(C(F)(F)F)cc(=O)oc2c1. The topological polar surface area (TPSA) is 75.0 Å². The number of esters is 1. The summed E-state index contributed by atoms with van der Waals surface area (Å²) in [6.45, 7) is -0.0249. The summed E-state index contributed by atoms with van der Waals surface area (Å²) in [5, 5.41) is -0.254. The molecule has 0 radical (unpaired) electrons. The van der Waals surface area contributed by atoms with Gasteiger partial charge in [0.2, 0.25) is 0 Å². The van der Waals surface area contributed by atoms with E-state index in [0.29, 0.717) is 17.2 Å². The summed E-state index contributed by atoms with van der Waals surface area (Å²) in [5.41, 5.74) is -1.17. The minimum atomic E-state index is -4.70. The Morgan fingerprint density at radius 3 is 2.52 bits per heavy atom. The molecule has 0 aliphatic rings. The molecule has 0 aliphatic heterocycles. The second-order valence-corrected chi connectivity index (χ2v) is 6.34. The highest BCUT2D eigenvalue weighted by Gasteiger charge is 2.33. The Balaban J connectivity index is 1.93. The van der Waals surface area contributed by atoms with Gasteiger partial charge in [0.15, 0.2) is 0 Å². The van der Waals surface area contributed by atoms with Crippen molar-refractivity contribution >= 4 is 22.5 Å². The number of hydrogen-bond acceptors (Lipinski definition) is 6. The normalized spacial score (nSPS) is 12.0. The van der Waals surface area contributed by atoms with E-state index in [1.807, 2.05) is 0 Å². The Morgan fingerprint density at radius 1 is 1.10 bits per heavy atom. The third-order valence-electron chi connectivity index (χ3n) is 4.36. The highest BCUT2D eigenvalue weighted by Crippen LogP contribution is 2.35. The van der Waals surface area contributed by atoms with E-state index in [1.54, 1.807) is 24.3 Å². The first kappa shape index (κ1) is 21.9. The lowest BCUT2D eigenvalue weighted by atomic mass is 10.0. The Bertz CT molecular complexity index is 1190. The van der Waals surface area contributed by atoms with E-state index < -0.39 is 23.3 Å². The fraction of sp³-hybridized carbons (Fsp3) is 0.182. The molecule has 3 rings (SSSR count). The van der Waals surface area contributed by atoms with Crippen LogP contribution in [0.25, 0.3) is 16.5 Å². The van der Waals surface area contributed by atoms with E-state index in [4.69, 9.17) is 18.6 Å². The number of carbonyl (C=O) groups excluding carboxylic acids is 1. The van der Waals surface area contributed by atoms with E-state index >= 15 is 0 Å². The number of alkyl halides is 3. The average Bonchev–Trinajstić information content (AvgIpc) is 2.74. The fourth-order valence-electron chi connectivity index (χ4n) is 2.99. The lowest BCUT2D eigenvalue weighted by Crippen LogP contribution is -2.11. The van der Waals surface area contributed by atoms with Crippen molar-refractivity contribution in [2.24, 2.45) is 0 Å². The van der Waals surface area contributed by atoms with Gasteiger partial charge in [0.1, 0.15) is 23.5 Å². The van der Waals surface area contributed by atoms with Crippen molar-refractivity contribution in [1.29, 1.82) is 0 Å². The first-order valence-corrected chi connectivity index (χ1v) is 8.92. The van der Waals surface area contributed by atoms with E-state index in [1.165, 1.54) is 38.7 Å². The van der Waals surface area contributed by atoms with Crippen LogP contribution in [0.4, 0.5) is 13.2 Å². The second kappa shape index (κ2) is 8.95. The van der Waals surface area contributed by atoms with Crippen LogP contribution in [0.1, 0.15) is 16.7 Å². The zero-order valence-corrected chi connectivity index (χ0v) is 16.5. The third-order valence-corrected chi connectivity index (χ3v) is 4.36. The zero-order chi connectivity index (χ0) is 22.6. The smallest absolute Gasteiger partial charge is 0.417 e. The summed E-state index contributed by atoms with van der Waals surface area (Å²) in [6, 6.07) is 11.0. The Labute approximate surface area is 174 Å². The maximum Gasteiger partial charge on any atom is 0.417 e. The maximum atomic E-state index is 13.2. The highest BCUT2D eigenvalue weighted by atomic mass is 19.4. The minimum Gasteiger partial charge on any atom is -0.503 e. The number of rotatable bonds is 6. The Kier molecular flexibility index (Phi) is 6.33. The molecule has 3 aromatic rings. The first-order valence-electron chi connectivity index (χ1n) is 8.92. The third kappa shape index (κ3) is 4.88. The van der Waals surface area contributed by atoms with Crippen LogP contribution < -0.4 is 10.4 Å². The molecule has 0 N–H and O–H groups in total. The summed E-state index contributed by atoms with van der Waals surface area (Å²) >= 11 is 0. The van der Waals surface area contributed by atoms with Crippen molar-refractivity contribution in [2.75, 3.05) is 14.2 Å². The monoisotopic (exact) mass is 434 g/mol. The summed E-state index contributed by atoms with van der Waals surface area (Å²) in [7, 11) is 2.63. The van der Waals surface area contributed by atoms with Gasteiger partial charge in [-0.25, -0.2) is 9.59 Å². The molecule has 0 spiro atoms. The predicted octanol–water partition coefficient (Wildman–Crippen LogP) is 4.55. The molecule has 6 nitrogen and oxygen atoms in total. The summed E-state index contributed by atoms with van der Waals surface area (Å²) in [6.07, 6.45) is -3.46. The predicted molar refractivity (Wildman–Crippen MR) is 105 cm³/mol. The maximum absolute atomic E-state index is 13.2. The van der Waals surface area contributed by atoms with Crippen molar-refractivity contribution in [3.05, 3.63) is 81.9 Å². The van der Waals surface area contributed by atoms with Gasteiger partial charge in [0.05, 0.1) is 26.0 Å². The summed E-state index contributed by atoms with van der Waals surface area (Å²) < 4.78 is 59.9. The fourth-order valence-corrected chi connectivity index (χ4v) is 2.99. The van der Waals surface area contributed by atoms with Gasteiger partial charge in [-0.2, -0.15) is 13.2 Å². The number of carbonyl (C=O) groups is 1. The van der Waals surface area contributed by atoms with Gasteiger partial charge < -0.3 is 18.6 Å². The van der Waals surface area contributed by atoms with Gasteiger partial charge in [0.25, 0.3) is 0 Å². The standard InChI is InChI=1S/C22H17F3O6/c1-28-12-17(21(27)29-2)15-6-4-3-5-13(15)11-30-14-7-8-16-18(22(23,24)25)10-20(26)31-19(16)9-14/h3-10,12H,11H2,1-2H3/b17-12+. The minimum absolute atomic E-state index is 0.0249. The van der Waals surface area contributed by atoms with Gasteiger partial charge in [-0.05, 0) is 23.3 Å². The van der Waals surface area contributed by atoms with Crippen LogP contribution in [0, 0.1) is 0 Å². The van der Waals surface area contributed by atoms with Gasteiger partial charge >= 0.3 is 17.8 Å². The van der Waals surface area contributed by atoms with Gasteiger partial charge in [-0.1, -0.05) is 24.3 Å². The molecular formula is C22H17F3O6. The number of halogens is 3. The molecule has 1 aromatic heterocycles. The summed E-state index contributed by atoms with van der Waals surface area (Å²) in [4.78, 5) is 23.6. The molecule has 0 bridgehead atoms. The average molecular weight is 434 g/mol. The quantitative estimate of drug-likeness (QED) is 0.245. The Morgan fingerprint density at radius 2 is 1.84 bits per heavy atom. The van der Waals surface area contributed by atoms with Crippen LogP contribution in [0.2, 0.25) is 0 Å².